The van der Waals surface area contributed by atoms with Crippen molar-refractivity contribution in [3.8, 4) is 0 Å². The van der Waals surface area contributed by atoms with Crippen molar-refractivity contribution >= 4 is 24.2 Å². The lowest BCUT2D eigenvalue weighted by Gasteiger charge is -2.42. The molecule has 0 radical (unpaired) electrons. The molecule has 0 N–H and O–H groups in total. The third-order valence-electron chi connectivity index (χ3n) is 5.48. The summed E-state index contributed by atoms with van der Waals surface area (Å²) in [6.45, 7) is 11.3. The summed E-state index contributed by atoms with van der Waals surface area (Å²) in [4.78, 5) is 0. The van der Waals surface area contributed by atoms with E-state index in [2.05, 4.69) is 86.2 Å². The Hall–Kier alpha value is -0.883. The molecule has 1 aromatic rings. The van der Waals surface area contributed by atoms with Gasteiger partial charge in [-0.05, 0) is 35.8 Å². The highest BCUT2D eigenvalue weighted by Crippen LogP contribution is 2.46. The number of ether oxygens (including phenoxy) is 2. The first-order chi connectivity index (χ1) is 12.1. The third-order valence-corrected chi connectivity index (χ3v) is 10.6. The zero-order valence-corrected chi connectivity index (χ0v) is 19.5. The minimum atomic E-state index is -1.97. The van der Waals surface area contributed by atoms with Crippen molar-refractivity contribution in [3.63, 3.8) is 0 Å². The smallest absolute Gasteiger partial charge is 0.250 e. The first-order valence-electron chi connectivity index (χ1n) is 9.00. The van der Waals surface area contributed by atoms with Crippen LogP contribution in [0.3, 0.4) is 0 Å². The summed E-state index contributed by atoms with van der Waals surface area (Å²) >= 11 is 3.72. The summed E-state index contributed by atoms with van der Waals surface area (Å²) in [5, 5.41) is 0.130. The van der Waals surface area contributed by atoms with Crippen LogP contribution >= 0.6 is 15.9 Å². The van der Waals surface area contributed by atoms with E-state index in [1.807, 2.05) is 6.07 Å². The van der Waals surface area contributed by atoms with E-state index < -0.39 is 8.32 Å². The van der Waals surface area contributed by atoms with Gasteiger partial charge in [0.05, 0.1) is 11.7 Å². The Labute approximate surface area is 167 Å². The van der Waals surface area contributed by atoms with Crippen LogP contribution < -0.4 is 0 Å². The minimum Gasteiger partial charge on any atom is -0.546 e. The second-order valence-electron chi connectivity index (χ2n) is 8.23. The van der Waals surface area contributed by atoms with Crippen molar-refractivity contribution in [1.82, 2.24) is 0 Å². The van der Waals surface area contributed by atoms with Gasteiger partial charge in [0.2, 0.25) is 8.32 Å². The van der Waals surface area contributed by atoms with Gasteiger partial charge in [0.15, 0.2) is 6.29 Å². The fourth-order valence-corrected chi connectivity index (χ4v) is 4.60. The number of hydrogen-bond donors (Lipinski definition) is 0. The molecule has 0 unspecified atom stereocenters. The quantitative estimate of drug-likeness (QED) is 0.388. The standard InChI is InChI=1S/C21H31BrO3Si/c1-21(2,3)26(6,7)25-18-14-10-12-16(20(23-4)24-5)19(18)15-11-8-9-13-17(15)22/h8-14,16,19-20H,1-7H3/t16-,19-/m1/s1. The molecule has 0 fully saturated rings. The van der Waals surface area contributed by atoms with Crippen LogP contribution in [0.4, 0.5) is 0 Å². The maximum Gasteiger partial charge on any atom is 0.250 e. The molecule has 5 heteroatoms. The second-order valence-corrected chi connectivity index (χ2v) is 13.8. The molecule has 0 heterocycles. The Morgan fingerprint density at radius 3 is 2.23 bits per heavy atom. The molecule has 1 aliphatic rings. The van der Waals surface area contributed by atoms with Crippen LogP contribution in [0.25, 0.3) is 0 Å². The van der Waals surface area contributed by atoms with Crippen molar-refractivity contribution in [3.05, 3.63) is 58.3 Å². The molecule has 26 heavy (non-hydrogen) atoms. The highest BCUT2D eigenvalue weighted by Gasteiger charge is 2.43. The predicted octanol–water partition coefficient (Wildman–Crippen LogP) is 6.24. The minimum absolute atomic E-state index is 0.0356. The molecule has 3 nitrogen and oxygen atoms in total. The lowest BCUT2D eigenvalue weighted by atomic mass is 9.81. The van der Waals surface area contributed by atoms with Crippen LogP contribution in [0.2, 0.25) is 18.1 Å². The van der Waals surface area contributed by atoms with Gasteiger partial charge in [0.25, 0.3) is 0 Å². The van der Waals surface area contributed by atoms with Gasteiger partial charge in [0.1, 0.15) is 0 Å². The Kier molecular flexibility index (Phi) is 6.94. The van der Waals surface area contributed by atoms with Crippen molar-refractivity contribution in [2.24, 2.45) is 5.92 Å². The van der Waals surface area contributed by atoms with Gasteiger partial charge in [-0.2, -0.15) is 0 Å². The molecule has 1 aromatic carbocycles. The van der Waals surface area contributed by atoms with Crippen LogP contribution in [0.1, 0.15) is 32.3 Å². The lowest BCUT2D eigenvalue weighted by Crippen LogP contribution is -2.42. The Morgan fingerprint density at radius 1 is 1.08 bits per heavy atom. The molecule has 0 spiro atoms. The molecule has 144 valence electrons. The van der Waals surface area contributed by atoms with E-state index in [0.29, 0.717) is 0 Å². The highest BCUT2D eigenvalue weighted by molar-refractivity contribution is 9.10. The largest absolute Gasteiger partial charge is 0.546 e. The average Bonchev–Trinajstić information content (AvgIpc) is 2.56. The third kappa shape index (κ3) is 4.50. The number of hydrogen-bond acceptors (Lipinski definition) is 3. The Morgan fingerprint density at radius 2 is 1.69 bits per heavy atom. The van der Waals surface area contributed by atoms with Crippen molar-refractivity contribution in [2.75, 3.05) is 14.2 Å². The van der Waals surface area contributed by atoms with Crippen molar-refractivity contribution in [1.29, 1.82) is 0 Å². The average molecular weight is 439 g/mol. The zero-order valence-electron chi connectivity index (χ0n) is 16.9. The molecule has 0 saturated heterocycles. The molecular weight excluding hydrogens is 408 g/mol. The van der Waals surface area contributed by atoms with Crippen LogP contribution in [0, 0.1) is 5.92 Å². The van der Waals surface area contributed by atoms with E-state index >= 15 is 0 Å². The van der Waals surface area contributed by atoms with Gasteiger partial charge in [-0.1, -0.05) is 67.1 Å². The van der Waals surface area contributed by atoms with Crippen molar-refractivity contribution in [2.45, 2.75) is 51.1 Å². The van der Waals surface area contributed by atoms with Crippen LogP contribution in [-0.4, -0.2) is 28.8 Å². The van der Waals surface area contributed by atoms with E-state index in [1.54, 1.807) is 14.2 Å². The van der Waals surface area contributed by atoms with E-state index in [1.165, 1.54) is 5.56 Å². The maximum atomic E-state index is 6.75. The Bertz CT molecular complexity index is 672. The number of rotatable bonds is 6. The van der Waals surface area contributed by atoms with Gasteiger partial charge in [-0.3, -0.25) is 0 Å². The van der Waals surface area contributed by atoms with Crippen molar-refractivity contribution < 1.29 is 13.9 Å². The molecule has 0 amide bonds. The summed E-state index contributed by atoms with van der Waals surface area (Å²) in [7, 11) is 1.40. The molecule has 0 aromatic heterocycles. The van der Waals surface area contributed by atoms with Gasteiger partial charge in [0, 0.05) is 24.6 Å². The summed E-state index contributed by atoms with van der Waals surface area (Å²) in [6.07, 6.45) is 5.98. The second kappa shape index (κ2) is 8.42. The van der Waals surface area contributed by atoms with E-state index in [-0.39, 0.29) is 23.2 Å². The summed E-state index contributed by atoms with van der Waals surface area (Å²) in [5.74, 6) is 1.07. The number of benzene rings is 1. The molecule has 0 aliphatic heterocycles. The summed E-state index contributed by atoms with van der Waals surface area (Å²) in [6, 6.07) is 8.31. The molecule has 0 saturated carbocycles. The number of methoxy groups -OCH3 is 2. The SMILES string of the molecule is COC(OC)[C@@H]1C=CC=C(O[Si](C)(C)C(C)(C)C)[C@@H]1c1ccccc1Br. The lowest BCUT2D eigenvalue weighted by molar-refractivity contribution is -0.131. The monoisotopic (exact) mass is 438 g/mol. The van der Waals surface area contributed by atoms with E-state index in [9.17, 15) is 0 Å². The van der Waals surface area contributed by atoms with Gasteiger partial charge in [-0.25, -0.2) is 0 Å². The molecule has 2 atom stereocenters. The van der Waals surface area contributed by atoms with Crippen LogP contribution in [0.15, 0.2) is 52.7 Å². The fraction of sp³-hybridized carbons (Fsp3) is 0.524. The topological polar surface area (TPSA) is 27.7 Å². The maximum absolute atomic E-state index is 6.75. The summed E-state index contributed by atoms with van der Waals surface area (Å²) in [5.41, 5.74) is 1.19. The van der Waals surface area contributed by atoms with Crippen LogP contribution in [0.5, 0.6) is 0 Å². The molecule has 1 aliphatic carbocycles. The molecule has 0 bridgehead atoms. The van der Waals surface area contributed by atoms with Gasteiger partial charge < -0.3 is 13.9 Å². The first-order valence-corrected chi connectivity index (χ1v) is 12.7. The zero-order chi connectivity index (χ0) is 19.5. The fourth-order valence-electron chi connectivity index (χ4n) is 2.97. The number of allylic oxidation sites excluding steroid dienone is 3. The van der Waals surface area contributed by atoms with Crippen LogP contribution in [-0.2, 0) is 13.9 Å². The highest BCUT2D eigenvalue weighted by atomic mass is 79.9. The number of halogens is 1. The van der Waals surface area contributed by atoms with E-state index in [0.717, 1.165) is 10.2 Å². The van der Waals surface area contributed by atoms with Gasteiger partial charge >= 0.3 is 0 Å². The molecular formula is C21H31BrO3Si. The van der Waals surface area contributed by atoms with E-state index in [4.69, 9.17) is 13.9 Å². The normalized spacial score (nSPS) is 21.0. The molecule has 2 rings (SSSR count). The Balaban J connectivity index is 2.50. The predicted molar refractivity (Wildman–Crippen MR) is 114 cm³/mol. The summed E-state index contributed by atoms with van der Waals surface area (Å²) < 4.78 is 19.1. The first kappa shape index (κ1) is 21.4. The van der Waals surface area contributed by atoms with Gasteiger partial charge in [-0.15, -0.1) is 0 Å².